The molecule has 0 atom stereocenters. The Morgan fingerprint density at radius 1 is 1.31 bits per heavy atom. The van der Waals surface area contributed by atoms with Crippen LogP contribution in [0.1, 0.15) is 33.1 Å². The van der Waals surface area contributed by atoms with E-state index in [0.717, 1.165) is 0 Å². The third kappa shape index (κ3) is 3.65. The van der Waals surface area contributed by atoms with Gasteiger partial charge in [-0.15, -0.1) is 0 Å². The molecule has 13 heavy (non-hydrogen) atoms. The topological polar surface area (TPSA) is 15.3 Å². The zero-order chi connectivity index (χ0) is 9.73. The van der Waals surface area contributed by atoms with Crippen molar-refractivity contribution in [3.8, 4) is 0 Å². The molecule has 0 aromatic rings. The highest BCUT2D eigenvalue weighted by Gasteiger charge is 2.27. The smallest absolute Gasteiger partial charge is 0.00332 e. The van der Waals surface area contributed by atoms with Gasteiger partial charge in [-0.3, -0.25) is 0 Å². The molecule has 1 N–H and O–H groups in total. The number of nitrogens with zero attached hydrogens (tertiary/aromatic N) is 1. The van der Waals surface area contributed by atoms with Crippen molar-refractivity contribution >= 4 is 0 Å². The van der Waals surface area contributed by atoms with Gasteiger partial charge in [0.1, 0.15) is 0 Å². The highest BCUT2D eigenvalue weighted by molar-refractivity contribution is 4.82. The molecular weight excluding hydrogens is 160 g/mol. The van der Waals surface area contributed by atoms with Gasteiger partial charge in [0.25, 0.3) is 0 Å². The third-order valence-electron chi connectivity index (χ3n) is 3.07. The first-order valence-corrected chi connectivity index (χ1v) is 5.55. The Morgan fingerprint density at radius 2 is 1.92 bits per heavy atom. The van der Waals surface area contributed by atoms with Gasteiger partial charge in [-0.05, 0) is 51.4 Å². The molecule has 1 fully saturated rings. The lowest BCUT2D eigenvalue weighted by atomic mass is 9.80. The molecule has 1 aliphatic heterocycles. The fourth-order valence-corrected chi connectivity index (χ4v) is 2.30. The van der Waals surface area contributed by atoms with Gasteiger partial charge in [0.05, 0.1) is 0 Å². The van der Waals surface area contributed by atoms with E-state index in [0.29, 0.717) is 5.41 Å². The molecule has 1 aliphatic rings. The second kappa shape index (κ2) is 4.97. The van der Waals surface area contributed by atoms with Crippen LogP contribution in [0.25, 0.3) is 0 Å². The first-order chi connectivity index (χ1) is 6.16. The summed E-state index contributed by atoms with van der Waals surface area (Å²) in [5.41, 5.74) is 0.565. The van der Waals surface area contributed by atoms with Crippen LogP contribution in [0.2, 0.25) is 0 Å². The maximum atomic E-state index is 3.43. The van der Waals surface area contributed by atoms with Crippen LogP contribution in [0.5, 0.6) is 0 Å². The normalized spacial score (nSPS) is 22.2. The van der Waals surface area contributed by atoms with Crippen molar-refractivity contribution in [2.45, 2.75) is 33.1 Å². The molecular formula is C11H24N2. The fraction of sp³-hybridized carbons (Fsp3) is 1.00. The van der Waals surface area contributed by atoms with Gasteiger partial charge < -0.3 is 10.2 Å². The molecule has 0 radical (unpaired) electrons. The summed E-state index contributed by atoms with van der Waals surface area (Å²) in [5.74, 6) is 0. The van der Waals surface area contributed by atoms with E-state index >= 15 is 0 Å². The van der Waals surface area contributed by atoms with Crippen LogP contribution in [-0.2, 0) is 0 Å². The van der Waals surface area contributed by atoms with Crippen LogP contribution in [0.3, 0.4) is 0 Å². The first-order valence-electron chi connectivity index (χ1n) is 5.55. The maximum absolute atomic E-state index is 3.43. The van der Waals surface area contributed by atoms with Crippen molar-refractivity contribution in [2.75, 3.05) is 33.2 Å². The molecule has 0 unspecified atom stereocenters. The van der Waals surface area contributed by atoms with Crippen LogP contribution < -0.4 is 5.32 Å². The zero-order valence-corrected chi connectivity index (χ0v) is 9.40. The molecule has 1 saturated heterocycles. The molecule has 0 aromatic carbocycles. The highest BCUT2D eigenvalue weighted by atomic mass is 15.1. The van der Waals surface area contributed by atoms with E-state index in [1.165, 1.54) is 45.4 Å². The average molecular weight is 184 g/mol. The Kier molecular flexibility index (Phi) is 4.20. The summed E-state index contributed by atoms with van der Waals surface area (Å²) in [4.78, 5) is 2.48. The van der Waals surface area contributed by atoms with Crippen molar-refractivity contribution in [3.63, 3.8) is 0 Å². The number of hydrogen-bond acceptors (Lipinski definition) is 2. The molecule has 0 spiro atoms. The monoisotopic (exact) mass is 184 g/mol. The van der Waals surface area contributed by atoms with Gasteiger partial charge in [0.2, 0.25) is 0 Å². The van der Waals surface area contributed by atoms with Crippen LogP contribution >= 0.6 is 0 Å². The van der Waals surface area contributed by atoms with Gasteiger partial charge in [-0.25, -0.2) is 0 Å². The molecule has 0 amide bonds. The summed E-state index contributed by atoms with van der Waals surface area (Å²) < 4.78 is 0. The Balaban J connectivity index is 2.31. The Labute approximate surface area is 82.7 Å². The SMILES string of the molecule is CCCN(C)CC1(C)CCNCC1. The second-order valence-electron chi connectivity index (χ2n) is 4.80. The highest BCUT2D eigenvalue weighted by Crippen LogP contribution is 2.28. The summed E-state index contributed by atoms with van der Waals surface area (Å²) in [6.07, 6.45) is 3.94. The van der Waals surface area contributed by atoms with E-state index in [-0.39, 0.29) is 0 Å². The average Bonchev–Trinajstić information content (AvgIpc) is 2.04. The molecule has 0 bridgehead atoms. The third-order valence-corrected chi connectivity index (χ3v) is 3.07. The Bertz CT molecular complexity index is 139. The molecule has 1 heterocycles. The first kappa shape index (κ1) is 11.0. The molecule has 0 aliphatic carbocycles. The number of hydrogen-bond donors (Lipinski definition) is 1. The van der Waals surface area contributed by atoms with E-state index < -0.39 is 0 Å². The second-order valence-corrected chi connectivity index (χ2v) is 4.80. The summed E-state index contributed by atoms with van der Waals surface area (Å²) >= 11 is 0. The molecule has 0 saturated carbocycles. The van der Waals surface area contributed by atoms with E-state index in [2.05, 4.69) is 31.1 Å². The fourth-order valence-electron chi connectivity index (χ4n) is 2.30. The lowest BCUT2D eigenvalue weighted by molar-refractivity contribution is 0.148. The van der Waals surface area contributed by atoms with Crippen molar-refractivity contribution in [2.24, 2.45) is 5.41 Å². The lowest BCUT2D eigenvalue weighted by Crippen LogP contribution is -2.42. The maximum Gasteiger partial charge on any atom is 0.00332 e. The van der Waals surface area contributed by atoms with Gasteiger partial charge in [0.15, 0.2) is 0 Å². The minimum absolute atomic E-state index is 0.565. The Hall–Kier alpha value is -0.0800. The van der Waals surface area contributed by atoms with Crippen LogP contribution in [0.15, 0.2) is 0 Å². The van der Waals surface area contributed by atoms with Crippen molar-refractivity contribution in [1.82, 2.24) is 10.2 Å². The summed E-state index contributed by atoms with van der Waals surface area (Å²) in [6, 6.07) is 0. The number of nitrogens with one attached hydrogen (secondary N) is 1. The molecule has 2 nitrogen and oxygen atoms in total. The molecule has 78 valence electrons. The van der Waals surface area contributed by atoms with Gasteiger partial charge in [0, 0.05) is 6.54 Å². The van der Waals surface area contributed by atoms with Crippen molar-refractivity contribution in [3.05, 3.63) is 0 Å². The predicted molar refractivity (Wildman–Crippen MR) is 58.0 cm³/mol. The zero-order valence-electron chi connectivity index (χ0n) is 9.40. The minimum atomic E-state index is 0.565. The summed E-state index contributed by atoms with van der Waals surface area (Å²) in [6.45, 7) is 9.60. The number of piperidine rings is 1. The van der Waals surface area contributed by atoms with Crippen LogP contribution in [0, 0.1) is 5.41 Å². The number of rotatable bonds is 4. The summed E-state index contributed by atoms with van der Waals surface area (Å²) in [7, 11) is 2.25. The quantitative estimate of drug-likeness (QED) is 0.715. The van der Waals surface area contributed by atoms with E-state index in [1.54, 1.807) is 0 Å². The predicted octanol–water partition coefficient (Wildman–Crippen LogP) is 1.72. The van der Waals surface area contributed by atoms with Crippen molar-refractivity contribution < 1.29 is 0 Å². The molecule has 0 aromatic heterocycles. The van der Waals surface area contributed by atoms with Crippen LogP contribution in [0.4, 0.5) is 0 Å². The Morgan fingerprint density at radius 3 is 2.46 bits per heavy atom. The van der Waals surface area contributed by atoms with E-state index in [4.69, 9.17) is 0 Å². The minimum Gasteiger partial charge on any atom is -0.317 e. The van der Waals surface area contributed by atoms with Crippen molar-refractivity contribution in [1.29, 1.82) is 0 Å². The largest absolute Gasteiger partial charge is 0.317 e. The van der Waals surface area contributed by atoms with Gasteiger partial charge in [-0.2, -0.15) is 0 Å². The molecule has 1 rings (SSSR count). The molecule has 2 heteroatoms. The van der Waals surface area contributed by atoms with Gasteiger partial charge >= 0.3 is 0 Å². The standard InChI is InChI=1S/C11H24N2/c1-4-9-13(3)10-11(2)5-7-12-8-6-11/h12H,4-10H2,1-3H3. The van der Waals surface area contributed by atoms with Gasteiger partial charge in [-0.1, -0.05) is 13.8 Å². The van der Waals surface area contributed by atoms with E-state index in [9.17, 15) is 0 Å². The van der Waals surface area contributed by atoms with E-state index in [1.807, 2.05) is 0 Å². The lowest BCUT2D eigenvalue weighted by Gasteiger charge is -2.37. The van der Waals surface area contributed by atoms with Crippen LogP contribution in [-0.4, -0.2) is 38.1 Å². The summed E-state index contributed by atoms with van der Waals surface area (Å²) in [5, 5.41) is 3.43.